The van der Waals surface area contributed by atoms with Gasteiger partial charge in [-0.05, 0) is 69.4 Å². The number of piperidine rings is 1. The summed E-state index contributed by atoms with van der Waals surface area (Å²) in [6.45, 7) is 5.36. The molecule has 1 N–H and O–H groups in total. The zero-order chi connectivity index (χ0) is 22.3. The number of benzene rings is 2. The largest absolute Gasteiger partial charge is 0.491 e. The van der Waals surface area contributed by atoms with Crippen molar-refractivity contribution < 1.29 is 17.9 Å². The fourth-order valence-electron chi connectivity index (χ4n) is 3.79. The smallest absolute Gasteiger partial charge is 0.243 e. The van der Waals surface area contributed by atoms with Crippen LogP contribution in [0.3, 0.4) is 0 Å². The lowest BCUT2D eigenvalue weighted by Crippen LogP contribution is -2.43. The van der Waals surface area contributed by atoms with E-state index in [0.717, 1.165) is 18.6 Å². The lowest BCUT2D eigenvalue weighted by atomic mass is 9.97. The van der Waals surface area contributed by atoms with Crippen molar-refractivity contribution in [1.82, 2.24) is 9.62 Å². The summed E-state index contributed by atoms with van der Waals surface area (Å²) in [5, 5.41) is 3.02. The second-order valence-corrected chi connectivity index (χ2v) is 10.1. The highest BCUT2D eigenvalue weighted by molar-refractivity contribution is 7.89. The molecule has 2 aromatic rings. The van der Waals surface area contributed by atoms with E-state index in [0.29, 0.717) is 37.4 Å². The number of hydrogen-bond donors (Lipinski definition) is 1. The number of ether oxygens (including phenoxy) is 1. The number of nitrogens with zero attached hydrogens (tertiary/aromatic N) is 1. The maximum absolute atomic E-state index is 12.7. The van der Waals surface area contributed by atoms with Crippen LogP contribution in [-0.4, -0.2) is 44.4 Å². The Morgan fingerprint density at radius 3 is 2.48 bits per heavy atom. The number of carbonyl (C=O) groups excluding carboxylic acids is 1. The van der Waals surface area contributed by atoms with Gasteiger partial charge in [0.05, 0.1) is 11.0 Å². The first-order valence-electron chi connectivity index (χ1n) is 10.9. The minimum absolute atomic E-state index is 0.0219. The molecule has 0 bridgehead atoms. The Morgan fingerprint density at radius 2 is 1.81 bits per heavy atom. The zero-order valence-electron chi connectivity index (χ0n) is 18.3. The fourth-order valence-corrected chi connectivity index (χ4v) is 5.29. The van der Waals surface area contributed by atoms with Crippen LogP contribution >= 0.6 is 0 Å². The molecule has 1 aliphatic heterocycles. The van der Waals surface area contributed by atoms with Crippen LogP contribution in [0, 0.1) is 5.92 Å². The molecule has 1 aliphatic rings. The second kappa shape index (κ2) is 10.8. The van der Waals surface area contributed by atoms with Crippen molar-refractivity contribution in [2.75, 3.05) is 19.6 Å². The van der Waals surface area contributed by atoms with Gasteiger partial charge >= 0.3 is 0 Å². The van der Waals surface area contributed by atoms with Gasteiger partial charge in [-0.25, -0.2) is 8.42 Å². The topological polar surface area (TPSA) is 75.7 Å². The standard InChI is InChI=1S/C24H32N2O4S/c1-19(2)30-22-10-6-8-20(18-22)9-7-15-25-24(27)21-13-16-26(17-14-21)31(28,29)23-11-4-3-5-12-23/h3-6,8,10-12,18-19,21H,7,9,13-17H2,1-2H3,(H,25,27). The summed E-state index contributed by atoms with van der Waals surface area (Å²) in [6, 6.07) is 16.5. The van der Waals surface area contributed by atoms with Crippen LogP contribution in [0.5, 0.6) is 5.75 Å². The lowest BCUT2D eigenvalue weighted by Gasteiger charge is -2.30. The average Bonchev–Trinajstić information content (AvgIpc) is 2.77. The van der Waals surface area contributed by atoms with Crippen LogP contribution < -0.4 is 10.1 Å². The van der Waals surface area contributed by atoms with Crippen molar-refractivity contribution in [1.29, 1.82) is 0 Å². The molecule has 1 heterocycles. The van der Waals surface area contributed by atoms with E-state index in [9.17, 15) is 13.2 Å². The van der Waals surface area contributed by atoms with Crippen LogP contribution in [-0.2, 0) is 21.2 Å². The van der Waals surface area contributed by atoms with Gasteiger partial charge in [0.15, 0.2) is 0 Å². The van der Waals surface area contributed by atoms with Crippen molar-refractivity contribution in [3.05, 3.63) is 60.2 Å². The fraction of sp³-hybridized carbons (Fsp3) is 0.458. The first-order chi connectivity index (χ1) is 14.9. The molecule has 1 saturated heterocycles. The van der Waals surface area contributed by atoms with Crippen molar-refractivity contribution >= 4 is 15.9 Å². The Hall–Kier alpha value is -2.38. The monoisotopic (exact) mass is 444 g/mol. The van der Waals surface area contributed by atoms with Gasteiger partial charge in [-0.2, -0.15) is 4.31 Å². The van der Waals surface area contributed by atoms with Crippen LogP contribution in [0.25, 0.3) is 0 Å². The molecular formula is C24H32N2O4S. The summed E-state index contributed by atoms with van der Waals surface area (Å²) >= 11 is 0. The van der Waals surface area contributed by atoms with E-state index in [4.69, 9.17) is 4.74 Å². The maximum Gasteiger partial charge on any atom is 0.243 e. The lowest BCUT2D eigenvalue weighted by molar-refractivity contribution is -0.126. The predicted octanol–water partition coefficient (Wildman–Crippen LogP) is 3.62. The van der Waals surface area contributed by atoms with Gasteiger partial charge in [-0.15, -0.1) is 0 Å². The van der Waals surface area contributed by atoms with E-state index in [2.05, 4.69) is 11.4 Å². The first-order valence-corrected chi connectivity index (χ1v) is 12.4. The summed E-state index contributed by atoms with van der Waals surface area (Å²) < 4.78 is 32.6. The van der Waals surface area contributed by atoms with E-state index in [1.165, 1.54) is 9.87 Å². The summed E-state index contributed by atoms with van der Waals surface area (Å²) in [5.74, 6) is 0.757. The van der Waals surface area contributed by atoms with Gasteiger partial charge in [0, 0.05) is 25.6 Å². The molecule has 0 atom stereocenters. The highest BCUT2D eigenvalue weighted by Crippen LogP contribution is 2.24. The minimum Gasteiger partial charge on any atom is -0.491 e. The highest BCUT2D eigenvalue weighted by atomic mass is 32.2. The number of hydrogen-bond acceptors (Lipinski definition) is 4. The zero-order valence-corrected chi connectivity index (χ0v) is 19.1. The molecule has 1 fully saturated rings. The van der Waals surface area contributed by atoms with Gasteiger partial charge in [-0.3, -0.25) is 4.79 Å². The summed E-state index contributed by atoms with van der Waals surface area (Å²) in [6.07, 6.45) is 2.95. The van der Waals surface area contributed by atoms with Crippen molar-refractivity contribution in [3.8, 4) is 5.75 Å². The molecule has 7 heteroatoms. The number of aryl methyl sites for hydroxylation is 1. The van der Waals surface area contributed by atoms with Gasteiger partial charge < -0.3 is 10.1 Å². The molecule has 2 aromatic carbocycles. The molecular weight excluding hydrogens is 412 g/mol. The molecule has 0 unspecified atom stereocenters. The quantitative estimate of drug-likeness (QED) is 0.600. The third-order valence-electron chi connectivity index (χ3n) is 5.42. The second-order valence-electron chi connectivity index (χ2n) is 8.20. The Labute approximate surface area is 185 Å². The van der Waals surface area contributed by atoms with E-state index >= 15 is 0 Å². The third-order valence-corrected chi connectivity index (χ3v) is 7.33. The number of carbonyl (C=O) groups is 1. The van der Waals surface area contributed by atoms with E-state index in [-0.39, 0.29) is 17.9 Å². The predicted molar refractivity (Wildman–Crippen MR) is 121 cm³/mol. The molecule has 1 amide bonds. The third kappa shape index (κ3) is 6.55. The van der Waals surface area contributed by atoms with Gasteiger partial charge in [-0.1, -0.05) is 30.3 Å². The number of sulfonamides is 1. The molecule has 31 heavy (non-hydrogen) atoms. The Balaban J connectivity index is 1.41. The van der Waals surface area contributed by atoms with Crippen LogP contribution in [0.2, 0.25) is 0 Å². The Bertz CT molecular complexity index is 953. The van der Waals surface area contributed by atoms with Crippen molar-refractivity contribution in [2.45, 2.75) is 50.5 Å². The average molecular weight is 445 g/mol. The SMILES string of the molecule is CC(C)Oc1cccc(CCCNC(=O)C2CCN(S(=O)(=O)c3ccccc3)CC2)c1. The van der Waals surface area contributed by atoms with Gasteiger partial charge in [0.25, 0.3) is 0 Å². The molecule has 0 aliphatic carbocycles. The molecule has 6 nitrogen and oxygen atoms in total. The summed E-state index contributed by atoms with van der Waals surface area (Å²) in [4.78, 5) is 12.8. The van der Waals surface area contributed by atoms with Gasteiger partial charge in [0.2, 0.25) is 15.9 Å². The van der Waals surface area contributed by atoms with Crippen molar-refractivity contribution in [3.63, 3.8) is 0 Å². The molecule has 0 spiro atoms. The van der Waals surface area contributed by atoms with E-state index in [1.54, 1.807) is 30.3 Å². The minimum atomic E-state index is -3.48. The highest BCUT2D eigenvalue weighted by Gasteiger charge is 2.31. The molecule has 0 aromatic heterocycles. The molecule has 3 rings (SSSR count). The number of nitrogens with one attached hydrogen (secondary N) is 1. The summed E-state index contributed by atoms with van der Waals surface area (Å²) in [5.41, 5.74) is 1.19. The van der Waals surface area contributed by atoms with E-state index < -0.39 is 10.0 Å². The molecule has 0 saturated carbocycles. The van der Waals surface area contributed by atoms with Crippen LogP contribution in [0.1, 0.15) is 38.7 Å². The molecule has 0 radical (unpaired) electrons. The van der Waals surface area contributed by atoms with Crippen molar-refractivity contribution in [2.24, 2.45) is 5.92 Å². The molecule has 168 valence electrons. The maximum atomic E-state index is 12.7. The van der Waals surface area contributed by atoms with Gasteiger partial charge in [0.1, 0.15) is 5.75 Å². The number of amides is 1. The number of rotatable bonds is 9. The normalized spacial score (nSPS) is 15.7. The van der Waals surface area contributed by atoms with Crippen LogP contribution in [0.15, 0.2) is 59.5 Å². The summed E-state index contributed by atoms with van der Waals surface area (Å²) in [7, 11) is -3.48. The Morgan fingerprint density at radius 1 is 1.10 bits per heavy atom. The Kier molecular flexibility index (Phi) is 8.09. The van der Waals surface area contributed by atoms with E-state index in [1.807, 2.05) is 32.0 Å². The first kappa shape index (κ1) is 23.3. The van der Waals surface area contributed by atoms with Crippen LogP contribution in [0.4, 0.5) is 0 Å².